The van der Waals surface area contributed by atoms with Gasteiger partial charge in [-0.1, -0.05) is 25.1 Å². The van der Waals surface area contributed by atoms with Crippen molar-refractivity contribution in [3.8, 4) is 11.5 Å². The zero-order chi connectivity index (χ0) is 25.2. The maximum absolute atomic E-state index is 13.2. The summed E-state index contributed by atoms with van der Waals surface area (Å²) in [6, 6.07) is 12.4. The number of aromatic nitrogens is 2. The van der Waals surface area contributed by atoms with Crippen molar-refractivity contribution < 1.29 is 18.7 Å². The summed E-state index contributed by atoms with van der Waals surface area (Å²) in [7, 11) is 3.21. The monoisotopic (exact) mass is 500 g/mol. The molecule has 9 heteroatoms. The van der Waals surface area contributed by atoms with Gasteiger partial charge in [0, 0.05) is 43.5 Å². The predicted octanol–water partition coefficient (Wildman–Crippen LogP) is 4.64. The van der Waals surface area contributed by atoms with E-state index in [4.69, 9.17) is 14.5 Å². The van der Waals surface area contributed by atoms with E-state index in [1.54, 1.807) is 26.4 Å². The largest absolute Gasteiger partial charge is 0.493 e. The van der Waals surface area contributed by atoms with E-state index in [0.717, 1.165) is 22.7 Å². The number of methoxy groups -OCH3 is 2. The molecule has 0 fully saturated rings. The third-order valence-corrected chi connectivity index (χ3v) is 6.66. The molecule has 0 bridgehead atoms. The van der Waals surface area contributed by atoms with E-state index in [2.05, 4.69) is 28.4 Å². The Morgan fingerprint density at radius 3 is 2.51 bits per heavy atom. The quantitative estimate of drug-likeness (QED) is 0.369. The summed E-state index contributed by atoms with van der Waals surface area (Å²) >= 11 is 1.33. The van der Waals surface area contributed by atoms with Crippen LogP contribution in [0.3, 0.4) is 0 Å². The van der Waals surface area contributed by atoms with Crippen LogP contribution < -0.4 is 19.7 Å². The van der Waals surface area contributed by atoms with E-state index >= 15 is 0 Å². The van der Waals surface area contributed by atoms with Crippen LogP contribution in [0.4, 0.5) is 9.52 Å². The second-order valence-corrected chi connectivity index (χ2v) is 9.02. The fourth-order valence-corrected chi connectivity index (χ4v) is 4.45. The minimum atomic E-state index is -0.259. The fraction of sp³-hybridized carbons (Fsp3) is 0.423. The van der Waals surface area contributed by atoms with Crippen LogP contribution in [0.5, 0.6) is 11.5 Å². The first-order valence-corrected chi connectivity index (χ1v) is 12.5. The highest BCUT2D eigenvalue weighted by molar-refractivity contribution is 7.09. The van der Waals surface area contributed by atoms with E-state index in [0.29, 0.717) is 49.7 Å². The molecular weight excluding hydrogens is 467 g/mol. The average molecular weight is 501 g/mol. The van der Waals surface area contributed by atoms with Crippen molar-refractivity contribution in [1.82, 2.24) is 14.7 Å². The van der Waals surface area contributed by atoms with Crippen LogP contribution in [-0.2, 0) is 17.6 Å². The Hall–Kier alpha value is -3.20. The molecule has 1 atom stereocenters. The van der Waals surface area contributed by atoms with E-state index in [9.17, 15) is 9.18 Å². The van der Waals surface area contributed by atoms with Gasteiger partial charge in [-0.05, 0) is 55.2 Å². The maximum Gasteiger partial charge on any atom is 0.221 e. The number of ether oxygens (including phenoxy) is 2. The molecule has 7 nitrogen and oxygen atoms in total. The predicted molar refractivity (Wildman–Crippen MR) is 137 cm³/mol. The summed E-state index contributed by atoms with van der Waals surface area (Å²) < 4.78 is 28.2. The molecule has 1 amide bonds. The third-order valence-electron chi connectivity index (χ3n) is 5.87. The highest BCUT2D eigenvalue weighted by Gasteiger charge is 2.19. The molecule has 1 N–H and O–H groups in total. The molecule has 1 aromatic heterocycles. The Bertz CT molecular complexity index is 1090. The number of benzene rings is 2. The van der Waals surface area contributed by atoms with Crippen LogP contribution in [0.2, 0.25) is 0 Å². The zero-order valence-corrected chi connectivity index (χ0v) is 21.5. The highest BCUT2D eigenvalue weighted by atomic mass is 32.1. The summed E-state index contributed by atoms with van der Waals surface area (Å²) in [6.45, 7) is 5.33. The van der Waals surface area contributed by atoms with Crippen LogP contribution in [0.15, 0.2) is 42.5 Å². The van der Waals surface area contributed by atoms with Crippen molar-refractivity contribution in [2.24, 2.45) is 0 Å². The third kappa shape index (κ3) is 7.65. The van der Waals surface area contributed by atoms with Gasteiger partial charge in [0.2, 0.25) is 11.0 Å². The second kappa shape index (κ2) is 13.0. The lowest BCUT2D eigenvalue weighted by atomic mass is 10.1. The van der Waals surface area contributed by atoms with Crippen molar-refractivity contribution >= 4 is 22.6 Å². The molecule has 0 aliphatic rings. The number of nitrogens with zero attached hydrogens (tertiary/aromatic N) is 3. The highest BCUT2D eigenvalue weighted by Crippen LogP contribution is 2.27. The summed E-state index contributed by atoms with van der Waals surface area (Å²) in [6.07, 6.45) is 2.53. The van der Waals surface area contributed by atoms with Gasteiger partial charge >= 0.3 is 0 Å². The minimum absolute atomic E-state index is 0.00479. The number of rotatable bonds is 13. The summed E-state index contributed by atoms with van der Waals surface area (Å²) in [5.74, 6) is 1.80. The van der Waals surface area contributed by atoms with Gasteiger partial charge in [0.1, 0.15) is 11.6 Å². The van der Waals surface area contributed by atoms with Crippen molar-refractivity contribution in [2.75, 3.05) is 32.2 Å². The molecule has 0 spiro atoms. The Balaban J connectivity index is 1.52. The molecule has 0 saturated heterocycles. The SMILES string of the molecule is CCC(C)N(CCC(=O)NCCc1ccc(OC)c(OC)c1)c1nc(Cc2ccc(F)cc2)ns1. The number of nitrogens with one attached hydrogen (secondary N) is 1. The summed E-state index contributed by atoms with van der Waals surface area (Å²) in [5, 5.41) is 3.80. The normalized spacial score (nSPS) is 11.7. The Kier molecular flexibility index (Phi) is 9.84. The van der Waals surface area contributed by atoms with Crippen LogP contribution in [0.25, 0.3) is 0 Å². The van der Waals surface area contributed by atoms with Gasteiger partial charge < -0.3 is 19.7 Å². The molecule has 0 radical (unpaired) electrons. The molecule has 2 aromatic carbocycles. The van der Waals surface area contributed by atoms with E-state index < -0.39 is 0 Å². The molecule has 0 aliphatic carbocycles. The molecule has 188 valence electrons. The number of carbonyl (C=O) groups excluding carboxylic acids is 1. The molecule has 1 heterocycles. The Morgan fingerprint density at radius 2 is 1.83 bits per heavy atom. The molecule has 3 rings (SSSR count). The van der Waals surface area contributed by atoms with Crippen molar-refractivity contribution in [2.45, 2.75) is 45.6 Å². The van der Waals surface area contributed by atoms with Gasteiger partial charge in [0.25, 0.3) is 0 Å². The average Bonchev–Trinajstić information content (AvgIpc) is 3.33. The van der Waals surface area contributed by atoms with Crippen LogP contribution in [-0.4, -0.2) is 48.6 Å². The van der Waals surface area contributed by atoms with Crippen LogP contribution >= 0.6 is 11.5 Å². The molecule has 1 unspecified atom stereocenters. The molecular formula is C26H33FN4O3S. The Labute approximate surface area is 210 Å². The van der Waals surface area contributed by atoms with E-state index in [1.807, 2.05) is 18.2 Å². The van der Waals surface area contributed by atoms with Gasteiger partial charge in [-0.3, -0.25) is 4.79 Å². The Morgan fingerprint density at radius 1 is 1.11 bits per heavy atom. The number of carbonyl (C=O) groups is 1. The van der Waals surface area contributed by atoms with Crippen molar-refractivity contribution in [3.05, 3.63) is 65.2 Å². The standard InChI is InChI=1S/C26H33FN4O3S/c1-5-18(2)31(26-29-24(30-35-26)17-19-6-9-21(27)10-7-19)15-13-25(32)28-14-12-20-8-11-22(33-3)23(16-20)34-4/h6-11,16,18H,5,12-15,17H2,1-4H3,(H,28,32). The number of amides is 1. The maximum atomic E-state index is 13.2. The fourth-order valence-electron chi connectivity index (χ4n) is 3.64. The zero-order valence-electron chi connectivity index (χ0n) is 20.7. The van der Waals surface area contributed by atoms with Crippen LogP contribution in [0, 0.1) is 5.82 Å². The number of halogens is 1. The topological polar surface area (TPSA) is 76.6 Å². The number of hydrogen-bond acceptors (Lipinski definition) is 7. The lowest BCUT2D eigenvalue weighted by molar-refractivity contribution is -0.120. The van der Waals surface area contributed by atoms with Gasteiger partial charge in [-0.2, -0.15) is 4.37 Å². The summed E-state index contributed by atoms with van der Waals surface area (Å²) in [4.78, 5) is 19.4. The van der Waals surface area contributed by atoms with Gasteiger partial charge in [-0.25, -0.2) is 9.37 Å². The van der Waals surface area contributed by atoms with E-state index in [-0.39, 0.29) is 17.8 Å². The lowest BCUT2D eigenvalue weighted by Crippen LogP contribution is -2.37. The second-order valence-electron chi connectivity index (χ2n) is 8.29. The van der Waals surface area contributed by atoms with Crippen molar-refractivity contribution in [3.63, 3.8) is 0 Å². The lowest BCUT2D eigenvalue weighted by Gasteiger charge is -2.27. The molecule has 0 aliphatic heterocycles. The first-order chi connectivity index (χ1) is 16.9. The molecule has 0 saturated carbocycles. The van der Waals surface area contributed by atoms with Gasteiger partial charge in [0.05, 0.1) is 14.2 Å². The first kappa shape index (κ1) is 26.4. The molecule has 3 aromatic rings. The smallest absolute Gasteiger partial charge is 0.221 e. The number of anilines is 1. The number of hydrogen-bond donors (Lipinski definition) is 1. The van der Waals surface area contributed by atoms with Crippen molar-refractivity contribution in [1.29, 1.82) is 0 Å². The first-order valence-electron chi connectivity index (χ1n) is 11.7. The summed E-state index contributed by atoms with van der Waals surface area (Å²) in [5.41, 5.74) is 2.02. The minimum Gasteiger partial charge on any atom is -0.493 e. The van der Waals surface area contributed by atoms with E-state index in [1.165, 1.54) is 23.7 Å². The van der Waals surface area contributed by atoms with Crippen LogP contribution in [0.1, 0.15) is 43.6 Å². The molecule has 35 heavy (non-hydrogen) atoms. The van der Waals surface area contributed by atoms with Gasteiger partial charge in [0.15, 0.2) is 11.5 Å². The van der Waals surface area contributed by atoms with Gasteiger partial charge in [-0.15, -0.1) is 0 Å².